The van der Waals surface area contributed by atoms with Crippen LogP contribution in [-0.4, -0.2) is 24.8 Å². The van der Waals surface area contributed by atoms with Crippen molar-refractivity contribution in [1.82, 2.24) is 0 Å². The number of carbonyl (C=O) groups is 1. The minimum atomic E-state index is -0.937. The molecular weight excluding hydrogens is 390 g/mol. The molecule has 0 heterocycles. The highest BCUT2D eigenvalue weighted by molar-refractivity contribution is 5.93. The second-order valence-electron chi connectivity index (χ2n) is 9.75. The molecule has 0 unspecified atom stereocenters. The SMILES string of the molecule is C=COCCOc1c(F)cc(F)cc1C(=O)OC(C)(C)C12CC3CC(CC(C3)C1)C2. The van der Waals surface area contributed by atoms with E-state index < -0.39 is 23.2 Å². The maximum absolute atomic E-state index is 14.4. The second kappa shape index (κ2) is 7.86. The average molecular weight is 420 g/mol. The van der Waals surface area contributed by atoms with Crippen LogP contribution in [0.4, 0.5) is 8.78 Å². The fraction of sp³-hybridized carbons (Fsp3) is 0.625. The van der Waals surface area contributed by atoms with Crippen LogP contribution in [0.2, 0.25) is 0 Å². The van der Waals surface area contributed by atoms with E-state index in [1.165, 1.54) is 25.5 Å². The fourth-order valence-electron chi connectivity index (χ4n) is 6.38. The van der Waals surface area contributed by atoms with Crippen LogP contribution in [0.1, 0.15) is 62.7 Å². The van der Waals surface area contributed by atoms with Gasteiger partial charge in [0.15, 0.2) is 11.6 Å². The second-order valence-corrected chi connectivity index (χ2v) is 9.75. The number of rotatable bonds is 8. The van der Waals surface area contributed by atoms with Crippen LogP contribution in [0.3, 0.4) is 0 Å². The van der Waals surface area contributed by atoms with Gasteiger partial charge >= 0.3 is 5.97 Å². The van der Waals surface area contributed by atoms with E-state index in [1.807, 2.05) is 13.8 Å². The Morgan fingerprint density at radius 3 is 2.30 bits per heavy atom. The minimum absolute atomic E-state index is 0.00672. The molecule has 0 amide bonds. The van der Waals surface area contributed by atoms with E-state index in [-0.39, 0.29) is 29.9 Å². The molecule has 4 fully saturated rings. The third-order valence-corrected chi connectivity index (χ3v) is 7.46. The Kier molecular flexibility index (Phi) is 5.54. The molecule has 6 heteroatoms. The van der Waals surface area contributed by atoms with Crippen molar-refractivity contribution in [2.75, 3.05) is 13.2 Å². The third-order valence-electron chi connectivity index (χ3n) is 7.46. The highest BCUT2D eigenvalue weighted by Gasteiger charge is 2.58. The van der Waals surface area contributed by atoms with Gasteiger partial charge in [0.25, 0.3) is 0 Å². The molecule has 164 valence electrons. The molecule has 4 aliphatic carbocycles. The Balaban J connectivity index is 1.55. The highest BCUT2D eigenvalue weighted by Crippen LogP contribution is 2.64. The molecule has 0 atom stereocenters. The summed E-state index contributed by atoms with van der Waals surface area (Å²) in [6.45, 7) is 7.45. The summed E-state index contributed by atoms with van der Waals surface area (Å²) in [7, 11) is 0. The van der Waals surface area contributed by atoms with Crippen molar-refractivity contribution in [3.05, 3.63) is 42.2 Å². The monoisotopic (exact) mass is 420 g/mol. The molecule has 0 N–H and O–H groups in total. The van der Waals surface area contributed by atoms with Gasteiger partial charge in [-0.25, -0.2) is 13.6 Å². The summed E-state index contributed by atoms with van der Waals surface area (Å²) < 4.78 is 44.7. The molecule has 0 radical (unpaired) electrons. The maximum atomic E-state index is 14.4. The van der Waals surface area contributed by atoms with Gasteiger partial charge in [-0.2, -0.15) is 0 Å². The van der Waals surface area contributed by atoms with Crippen molar-refractivity contribution >= 4 is 5.97 Å². The first-order chi connectivity index (χ1) is 14.2. The van der Waals surface area contributed by atoms with Crippen LogP contribution < -0.4 is 4.74 Å². The normalized spacial score (nSPS) is 29.5. The lowest BCUT2D eigenvalue weighted by Crippen LogP contribution is -2.57. The predicted molar refractivity (Wildman–Crippen MR) is 108 cm³/mol. The topological polar surface area (TPSA) is 44.8 Å². The number of esters is 1. The third kappa shape index (κ3) is 3.81. The first-order valence-corrected chi connectivity index (χ1v) is 10.8. The Morgan fingerprint density at radius 1 is 1.13 bits per heavy atom. The molecule has 30 heavy (non-hydrogen) atoms. The summed E-state index contributed by atoms with van der Waals surface area (Å²) >= 11 is 0. The largest absolute Gasteiger partial charge is 0.498 e. The van der Waals surface area contributed by atoms with E-state index in [0.29, 0.717) is 23.8 Å². The molecule has 4 saturated carbocycles. The van der Waals surface area contributed by atoms with Crippen LogP contribution >= 0.6 is 0 Å². The summed E-state index contributed by atoms with van der Waals surface area (Å²) in [6.07, 6.45) is 8.25. The average Bonchev–Trinajstić information content (AvgIpc) is 2.64. The van der Waals surface area contributed by atoms with Crippen LogP contribution in [0.5, 0.6) is 5.75 Å². The van der Waals surface area contributed by atoms with E-state index in [0.717, 1.165) is 25.3 Å². The van der Waals surface area contributed by atoms with Crippen LogP contribution in [0, 0.1) is 34.8 Å². The summed E-state index contributed by atoms with van der Waals surface area (Å²) in [5.74, 6) is -0.752. The lowest BCUT2D eigenvalue weighted by atomic mass is 9.46. The van der Waals surface area contributed by atoms with E-state index in [4.69, 9.17) is 14.2 Å². The molecule has 1 aromatic carbocycles. The van der Waals surface area contributed by atoms with E-state index in [1.54, 1.807) is 0 Å². The van der Waals surface area contributed by atoms with Gasteiger partial charge in [0, 0.05) is 11.5 Å². The van der Waals surface area contributed by atoms with Crippen LogP contribution in [0.25, 0.3) is 0 Å². The summed E-state index contributed by atoms with van der Waals surface area (Å²) in [6, 6.07) is 1.68. The zero-order valence-electron chi connectivity index (χ0n) is 17.7. The van der Waals surface area contributed by atoms with Gasteiger partial charge in [-0.3, -0.25) is 0 Å². The minimum Gasteiger partial charge on any atom is -0.498 e. The Bertz CT molecular complexity index is 797. The van der Waals surface area contributed by atoms with Gasteiger partial charge in [0.1, 0.15) is 30.2 Å². The fourth-order valence-corrected chi connectivity index (χ4v) is 6.38. The quantitative estimate of drug-likeness (QED) is 0.309. The Labute approximate surface area is 176 Å². The summed E-state index contributed by atoms with van der Waals surface area (Å²) in [4.78, 5) is 13.1. The van der Waals surface area contributed by atoms with Crippen molar-refractivity contribution in [2.24, 2.45) is 23.2 Å². The molecule has 0 spiro atoms. The van der Waals surface area contributed by atoms with Crippen LogP contribution in [0.15, 0.2) is 25.0 Å². The molecular formula is C24H30F2O4. The van der Waals surface area contributed by atoms with Crippen molar-refractivity contribution in [1.29, 1.82) is 0 Å². The van der Waals surface area contributed by atoms with Crippen molar-refractivity contribution in [3.8, 4) is 5.75 Å². The van der Waals surface area contributed by atoms with Gasteiger partial charge in [-0.15, -0.1) is 0 Å². The number of ether oxygens (including phenoxy) is 3. The Hall–Kier alpha value is -2.11. The maximum Gasteiger partial charge on any atom is 0.342 e. The number of carbonyl (C=O) groups excluding carboxylic acids is 1. The lowest BCUT2D eigenvalue weighted by molar-refractivity contribution is -0.165. The summed E-state index contributed by atoms with van der Waals surface area (Å²) in [5, 5.41) is 0. The van der Waals surface area contributed by atoms with E-state index in [2.05, 4.69) is 6.58 Å². The first kappa shape index (κ1) is 21.1. The molecule has 4 nitrogen and oxygen atoms in total. The van der Waals surface area contributed by atoms with Crippen molar-refractivity contribution < 1.29 is 27.8 Å². The highest BCUT2D eigenvalue weighted by atomic mass is 19.1. The smallest absolute Gasteiger partial charge is 0.342 e. The first-order valence-electron chi connectivity index (χ1n) is 10.8. The van der Waals surface area contributed by atoms with Gasteiger partial charge in [-0.05, 0) is 76.2 Å². The molecule has 0 aromatic heterocycles. The summed E-state index contributed by atoms with van der Waals surface area (Å²) in [5.41, 5.74) is -1.03. The molecule has 1 aromatic rings. The molecule has 0 saturated heterocycles. The Morgan fingerprint density at radius 2 is 1.73 bits per heavy atom. The van der Waals surface area contributed by atoms with Crippen molar-refractivity contribution in [3.63, 3.8) is 0 Å². The van der Waals surface area contributed by atoms with Gasteiger partial charge in [-0.1, -0.05) is 6.58 Å². The van der Waals surface area contributed by atoms with Gasteiger partial charge in [0.05, 0.1) is 6.26 Å². The standard InChI is InChI=1S/C24H30F2O4/c1-4-28-5-6-29-21-19(10-18(25)11-20(21)26)22(27)30-23(2,3)24-12-15-7-16(13-24)9-17(8-15)14-24/h4,10-11,15-17H,1,5-9,12-14H2,2-3H3. The lowest BCUT2D eigenvalue weighted by Gasteiger charge is -2.61. The number of halogens is 2. The molecule has 4 aliphatic rings. The molecule has 5 rings (SSSR count). The van der Waals surface area contributed by atoms with Gasteiger partial charge in [0.2, 0.25) is 0 Å². The van der Waals surface area contributed by atoms with Crippen LogP contribution in [-0.2, 0) is 9.47 Å². The van der Waals surface area contributed by atoms with Gasteiger partial charge < -0.3 is 14.2 Å². The van der Waals surface area contributed by atoms with Crippen molar-refractivity contribution in [2.45, 2.75) is 58.0 Å². The van der Waals surface area contributed by atoms with E-state index >= 15 is 0 Å². The zero-order valence-corrected chi connectivity index (χ0v) is 17.7. The number of benzene rings is 1. The van der Waals surface area contributed by atoms with E-state index in [9.17, 15) is 13.6 Å². The molecule has 4 bridgehead atoms. The predicted octanol–water partition coefficient (Wildman–Crippen LogP) is 5.66. The number of hydrogen-bond acceptors (Lipinski definition) is 4. The number of hydrogen-bond donors (Lipinski definition) is 0. The molecule has 0 aliphatic heterocycles. The zero-order chi connectivity index (χ0) is 21.5.